The van der Waals surface area contributed by atoms with Gasteiger partial charge in [0, 0.05) is 24.7 Å². The molecule has 0 N–H and O–H groups in total. The maximum Gasteiger partial charge on any atom is 0.342 e. The van der Waals surface area contributed by atoms with E-state index in [0.29, 0.717) is 23.1 Å². The van der Waals surface area contributed by atoms with E-state index < -0.39 is 5.97 Å². The number of anilines is 1. The molecule has 1 fully saturated rings. The second kappa shape index (κ2) is 6.59. The van der Waals surface area contributed by atoms with Crippen LogP contribution in [0, 0.1) is 0 Å². The average Bonchev–Trinajstić information content (AvgIpc) is 3.23. The number of aromatic nitrogens is 3. The maximum absolute atomic E-state index is 12.4. The van der Waals surface area contributed by atoms with Gasteiger partial charge in [0.1, 0.15) is 11.4 Å². The fraction of sp³-hybridized carbons (Fsp3) is 0.529. The highest BCUT2D eigenvalue weighted by molar-refractivity contribution is 5.94. The van der Waals surface area contributed by atoms with Crippen LogP contribution in [0.3, 0.4) is 0 Å². The SMILES string of the molecule is CC(C)(C)c1noc(COC(=O)c2cccnc2N2CCCC2)n1. The highest BCUT2D eigenvalue weighted by atomic mass is 16.6. The monoisotopic (exact) mass is 330 g/mol. The molecule has 0 unspecified atom stereocenters. The molecule has 0 radical (unpaired) electrons. The molecule has 24 heavy (non-hydrogen) atoms. The molecule has 0 atom stereocenters. The van der Waals surface area contributed by atoms with Crippen LogP contribution in [0.25, 0.3) is 0 Å². The molecule has 1 aliphatic rings. The van der Waals surface area contributed by atoms with Crippen molar-refractivity contribution >= 4 is 11.8 Å². The van der Waals surface area contributed by atoms with Crippen LogP contribution in [-0.2, 0) is 16.8 Å². The number of rotatable bonds is 4. The molecule has 2 aromatic rings. The molecule has 3 rings (SSSR count). The van der Waals surface area contributed by atoms with E-state index in [9.17, 15) is 4.79 Å². The number of hydrogen-bond acceptors (Lipinski definition) is 7. The van der Waals surface area contributed by atoms with Crippen LogP contribution in [0.1, 0.15) is 55.7 Å². The third-order valence-corrected chi connectivity index (χ3v) is 3.88. The normalized spacial score (nSPS) is 14.9. The van der Waals surface area contributed by atoms with Crippen LogP contribution < -0.4 is 4.90 Å². The zero-order valence-electron chi connectivity index (χ0n) is 14.3. The van der Waals surface area contributed by atoms with Gasteiger partial charge in [-0.25, -0.2) is 9.78 Å². The van der Waals surface area contributed by atoms with Crippen molar-refractivity contribution in [3.05, 3.63) is 35.6 Å². The Bertz CT molecular complexity index is 715. The highest BCUT2D eigenvalue weighted by Gasteiger charge is 2.23. The molecule has 7 nitrogen and oxygen atoms in total. The van der Waals surface area contributed by atoms with Crippen LogP contribution >= 0.6 is 0 Å². The van der Waals surface area contributed by atoms with Crippen LogP contribution in [0.15, 0.2) is 22.9 Å². The first-order valence-electron chi connectivity index (χ1n) is 8.15. The summed E-state index contributed by atoms with van der Waals surface area (Å²) in [6.45, 7) is 7.75. The van der Waals surface area contributed by atoms with Gasteiger partial charge in [0.15, 0.2) is 12.4 Å². The number of nitrogens with zero attached hydrogens (tertiary/aromatic N) is 4. The second-order valence-corrected chi connectivity index (χ2v) is 6.91. The van der Waals surface area contributed by atoms with Gasteiger partial charge in [-0.15, -0.1) is 0 Å². The lowest BCUT2D eigenvalue weighted by Crippen LogP contribution is -2.22. The number of esters is 1. The molecule has 0 aromatic carbocycles. The van der Waals surface area contributed by atoms with Gasteiger partial charge >= 0.3 is 5.97 Å². The van der Waals surface area contributed by atoms with Crippen molar-refractivity contribution in [3.8, 4) is 0 Å². The minimum absolute atomic E-state index is 0.0454. The molecule has 0 bridgehead atoms. The van der Waals surface area contributed by atoms with Gasteiger partial charge in [0.25, 0.3) is 5.89 Å². The van der Waals surface area contributed by atoms with Gasteiger partial charge in [-0.2, -0.15) is 4.98 Å². The zero-order chi connectivity index (χ0) is 17.2. The molecule has 1 saturated heterocycles. The Balaban J connectivity index is 1.68. The Kier molecular flexibility index (Phi) is 4.51. The van der Waals surface area contributed by atoms with Crippen molar-refractivity contribution in [1.29, 1.82) is 0 Å². The smallest absolute Gasteiger partial charge is 0.342 e. The lowest BCUT2D eigenvalue weighted by Gasteiger charge is -2.18. The summed E-state index contributed by atoms with van der Waals surface area (Å²) >= 11 is 0. The summed E-state index contributed by atoms with van der Waals surface area (Å²) in [6, 6.07) is 3.47. The summed E-state index contributed by atoms with van der Waals surface area (Å²) in [5.74, 6) is 1.13. The first kappa shape index (κ1) is 16.4. The summed E-state index contributed by atoms with van der Waals surface area (Å²) in [4.78, 5) is 23.1. The van der Waals surface area contributed by atoms with Crippen molar-refractivity contribution in [2.45, 2.75) is 45.6 Å². The van der Waals surface area contributed by atoms with E-state index in [-0.39, 0.29) is 12.0 Å². The number of carbonyl (C=O) groups is 1. The van der Waals surface area contributed by atoms with E-state index in [4.69, 9.17) is 9.26 Å². The van der Waals surface area contributed by atoms with Crippen LogP contribution in [0.4, 0.5) is 5.82 Å². The second-order valence-electron chi connectivity index (χ2n) is 6.91. The molecule has 0 saturated carbocycles. The predicted molar refractivity (Wildman–Crippen MR) is 87.8 cm³/mol. The first-order valence-corrected chi connectivity index (χ1v) is 8.15. The molecular weight excluding hydrogens is 308 g/mol. The Morgan fingerprint density at radius 1 is 1.33 bits per heavy atom. The van der Waals surface area contributed by atoms with Gasteiger partial charge in [-0.1, -0.05) is 25.9 Å². The van der Waals surface area contributed by atoms with Crippen molar-refractivity contribution < 1.29 is 14.1 Å². The van der Waals surface area contributed by atoms with Crippen LogP contribution in [-0.4, -0.2) is 34.2 Å². The fourth-order valence-corrected chi connectivity index (χ4v) is 2.56. The zero-order valence-corrected chi connectivity index (χ0v) is 14.3. The summed E-state index contributed by atoms with van der Waals surface area (Å²) in [5.41, 5.74) is 0.257. The highest BCUT2D eigenvalue weighted by Crippen LogP contribution is 2.23. The molecule has 0 spiro atoms. The van der Waals surface area contributed by atoms with Crippen molar-refractivity contribution in [1.82, 2.24) is 15.1 Å². The lowest BCUT2D eigenvalue weighted by molar-refractivity contribution is 0.0430. The van der Waals surface area contributed by atoms with E-state index >= 15 is 0 Å². The van der Waals surface area contributed by atoms with Crippen LogP contribution in [0.5, 0.6) is 0 Å². The summed E-state index contributed by atoms with van der Waals surface area (Å²) in [7, 11) is 0. The van der Waals surface area contributed by atoms with Gasteiger partial charge in [0.05, 0.1) is 0 Å². The molecule has 0 amide bonds. The van der Waals surface area contributed by atoms with Gasteiger partial charge in [-0.3, -0.25) is 0 Å². The Labute approximate surface area is 141 Å². The van der Waals surface area contributed by atoms with Crippen LogP contribution in [0.2, 0.25) is 0 Å². The fourth-order valence-electron chi connectivity index (χ4n) is 2.56. The van der Waals surface area contributed by atoms with E-state index in [1.165, 1.54) is 0 Å². The quantitative estimate of drug-likeness (QED) is 0.797. The van der Waals surface area contributed by atoms with E-state index in [1.54, 1.807) is 18.3 Å². The minimum atomic E-state index is -0.430. The van der Waals surface area contributed by atoms with E-state index in [2.05, 4.69) is 20.0 Å². The number of hydrogen-bond donors (Lipinski definition) is 0. The maximum atomic E-state index is 12.4. The van der Waals surface area contributed by atoms with Gasteiger partial charge in [0.2, 0.25) is 0 Å². The number of pyridine rings is 1. The summed E-state index contributed by atoms with van der Waals surface area (Å²) in [6.07, 6.45) is 3.92. The third kappa shape index (κ3) is 3.55. The van der Waals surface area contributed by atoms with Gasteiger partial charge < -0.3 is 14.2 Å². The van der Waals surface area contributed by atoms with Crippen molar-refractivity contribution in [3.63, 3.8) is 0 Å². The topological polar surface area (TPSA) is 81.3 Å². The Morgan fingerprint density at radius 3 is 2.75 bits per heavy atom. The van der Waals surface area contributed by atoms with Crippen molar-refractivity contribution in [2.24, 2.45) is 0 Å². The molecule has 3 heterocycles. The molecule has 7 heteroatoms. The molecule has 2 aromatic heterocycles. The Morgan fingerprint density at radius 2 is 2.08 bits per heavy atom. The number of carbonyl (C=O) groups excluding carboxylic acids is 1. The molecule has 0 aliphatic carbocycles. The van der Waals surface area contributed by atoms with Crippen molar-refractivity contribution in [2.75, 3.05) is 18.0 Å². The lowest BCUT2D eigenvalue weighted by atomic mass is 9.96. The molecule has 128 valence electrons. The summed E-state index contributed by atoms with van der Waals surface area (Å²) in [5, 5.41) is 3.92. The summed E-state index contributed by atoms with van der Waals surface area (Å²) < 4.78 is 10.5. The molecular formula is C17H22N4O3. The molecule has 1 aliphatic heterocycles. The van der Waals surface area contributed by atoms with E-state index in [1.807, 2.05) is 20.8 Å². The number of ether oxygens (including phenoxy) is 1. The largest absolute Gasteiger partial charge is 0.452 e. The third-order valence-electron chi connectivity index (χ3n) is 3.88. The first-order chi connectivity index (χ1) is 11.4. The van der Waals surface area contributed by atoms with Gasteiger partial charge in [-0.05, 0) is 25.0 Å². The Hall–Kier alpha value is -2.44. The predicted octanol–water partition coefficient (Wildman–Crippen LogP) is 2.72. The minimum Gasteiger partial charge on any atom is -0.452 e. The average molecular weight is 330 g/mol. The van der Waals surface area contributed by atoms with E-state index in [0.717, 1.165) is 25.9 Å². The standard InChI is InChI=1S/C17H22N4O3/c1-17(2,3)16-19-13(24-20-16)11-23-15(22)12-7-6-8-18-14(12)21-9-4-5-10-21/h6-8H,4-5,9-11H2,1-3H3.